The fourth-order valence-electron chi connectivity index (χ4n) is 5.13. The van der Waals surface area contributed by atoms with E-state index in [0.717, 1.165) is 12.5 Å². The van der Waals surface area contributed by atoms with Gasteiger partial charge in [0.1, 0.15) is 30.7 Å². The van der Waals surface area contributed by atoms with Crippen molar-refractivity contribution in [2.45, 2.75) is 50.0 Å². The molecule has 0 bridgehead atoms. The number of nitrogens with two attached hydrogens (primary N) is 2. The minimum Gasteiger partial charge on any atom is -0.383 e. The second kappa shape index (κ2) is 11.8. The van der Waals surface area contributed by atoms with Crippen LogP contribution in [0.4, 0.5) is 16.2 Å². The highest BCUT2D eigenvalue weighted by Crippen LogP contribution is 2.50. The number of rotatable bonds is 10. The molecule has 19 nitrogen and oxygen atoms in total. The maximum Gasteiger partial charge on any atom is 0.469 e. The highest BCUT2D eigenvalue weighted by atomic mass is 32.5. The van der Waals surface area contributed by atoms with Gasteiger partial charge in [-0.15, -0.1) is 0 Å². The standard InChI is InChI=1S/C21H26FN9O10P2S/c22-10-4-30(18-15(10)17(23)25-7-26-18)14-3-11(12(40-14)6-37-42(33,34)35)41-43(36,44)38-5-9-1-2-13(39-9)31-8-27-16-19(31)28-21(24)29-20(16)32/h4,7-9,11-14H,1-3,5-6H2,(H,36,44)(H2,23,25,26)(H2,33,34,35)(H3,24,28,29,32)/t9-,11?,12+,13+,14+,43?/m0/s1. The first kappa shape index (κ1) is 31.1. The molecule has 4 aromatic heterocycles. The van der Waals surface area contributed by atoms with Crippen molar-refractivity contribution >= 4 is 60.3 Å². The van der Waals surface area contributed by atoms with E-state index in [2.05, 4.69) is 29.4 Å². The van der Waals surface area contributed by atoms with Crippen LogP contribution >= 0.6 is 14.5 Å². The molecule has 2 saturated heterocycles. The predicted octanol–water partition coefficient (Wildman–Crippen LogP) is 0.561. The van der Waals surface area contributed by atoms with Crippen LogP contribution in [0.2, 0.25) is 0 Å². The van der Waals surface area contributed by atoms with Crippen LogP contribution in [0.25, 0.3) is 22.2 Å². The Bertz CT molecular complexity index is 1870. The second-order valence-corrected chi connectivity index (χ2v) is 14.0. The fraction of sp³-hybridized carbons (Fsp3) is 0.476. The number of halogens is 1. The lowest BCUT2D eigenvalue weighted by Gasteiger charge is -2.24. The van der Waals surface area contributed by atoms with E-state index < -0.39 is 63.3 Å². The first-order valence-corrected chi connectivity index (χ1v) is 17.1. The van der Waals surface area contributed by atoms with Crippen LogP contribution in [-0.2, 0) is 39.4 Å². The number of hydrogen-bond acceptors (Lipinski definition) is 14. The highest BCUT2D eigenvalue weighted by Gasteiger charge is 2.42. The molecule has 6 rings (SSSR count). The lowest BCUT2D eigenvalue weighted by molar-refractivity contribution is -0.0437. The van der Waals surface area contributed by atoms with Crippen molar-refractivity contribution < 1.29 is 46.7 Å². The van der Waals surface area contributed by atoms with Crippen molar-refractivity contribution in [1.82, 2.24) is 34.1 Å². The SMILES string of the molecule is Nc1nc2c(ncn2[C@H]2CC[C@@H](COP(O)(=S)OC3C[C@H](n4cc(F)c5c(N)ncnc54)O[C@@H]3COP(=O)(O)O)O2)c(=O)[nH]1. The van der Waals surface area contributed by atoms with Gasteiger partial charge in [0.15, 0.2) is 22.6 Å². The number of phosphoric ester groups is 1. The Morgan fingerprint density at radius 2 is 1.89 bits per heavy atom. The van der Waals surface area contributed by atoms with E-state index >= 15 is 0 Å². The zero-order valence-electron chi connectivity index (χ0n) is 22.4. The monoisotopic (exact) mass is 677 g/mol. The summed E-state index contributed by atoms with van der Waals surface area (Å²) >= 11 is 5.22. The van der Waals surface area contributed by atoms with Crippen molar-refractivity contribution in [3.63, 3.8) is 0 Å². The van der Waals surface area contributed by atoms with E-state index in [0.29, 0.717) is 12.8 Å². The van der Waals surface area contributed by atoms with Crippen molar-refractivity contribution in [2.75, 3.05) is 24.7 Å². The van der Waals surface area contributed by atoms with Crippen molar-refractivity contribution in [1.29, 1.82) is 0 Å². The Morgan fingerprint density at radius 3 is 2.66 bits per heavy atom. The maximum atomic E-state index is 14.7. The van der Waals surface area contributed by atoms with Gasteiger partial charge in [-0.3, -0.25) is 18.9 Å². The van der Waals surface area contributed by atoms with Crippen LogP contribution in [0.3, 0.4) is 0 Å². The first-order chi connectivity index (χ1) is 20.8. The predicted molar refractivity (Wildman–Crippen MR) is 151 cm³/mol. The molecule has 44 heavy (non-hydrogen) atoms. The van der Waals surface area contributed by atoms with E-state index in [1.165, 1.54) is 10.9 Å². The summed E-state index contributed by atoms with van der Waals surface area (Å²) in [6, 6.07) is 0. The Labute approximate surface area is 250 Å². The smallest absolute Gasteiger partial charge is 0.383 e. The van der Waals surface area contributed by atoms with Gasteiger partial charge in [0.25, 0.3) is 5.56 Å². The minimum absolute atomic E-state index is 0.0382. The summed E-state index contributed by atoms with van der Waals surface area (Å²) in [4.78, 5) is 59.8. The van der Waals surface area contributed by atoms with Crippen LogP contribution in [0.5, 0.6) is 0 Å². The van der Waals surface area contributed by atoms with Crippen molar-refractivity contribution in [2.24, 2.45) is 0 Å². The number of hydrogen-bond donors (Lipinski definition) is 6. The Kier molecular flexibility index (Phi) is 8.31. The Morgan fingerprint density at radius 1 is 1.09 bits per heavy atom. The summed E-state index contributed by atoms with van der Waals surface area (Å²) in [6.07, 6.45) is 0.271. The van der Waals surface area contributed by atoms with Gasteiger partial charge in [-0.05, 0) is 24.6 Å². The number of nitrogens with one attached hydrogen (secondary N) is 1. The maximum absolute atomic E-state index is 14.7. The molecule has 2 aliphatic rings. The van der Waals surface area contributed by atoms with Gasteiger partial charge in [0.05, 0.1) is 37.1 Å². The number of aromatic amines is 1. The molecule has 0 aromatic carbocycles. The topological polar surface area (TPSA) is 270 Å². The normalized spacial score (nSPS) is 25.7. The van der Waals surface area contributed by atoms with Gasteiger partial charge >= 0.3 is 14.5 Å². The summed E-state index contributed by atoms with van der Waals surface area (Å²) in [7, 11) is -4.91. The quantitative estimate of drug-likeness (QED) is 0.125. The zero-order valence-corrected chi connectivity index (χ0v) is 25.0. The highest BCUT2D eigenvalue weighted by molar-refractivity contribution is 8.07. The third-order valence-corrected chi connectivity index (χ3v) is 9.10. The van der Waals surface area contributed by atoms with Crippen LogP contribution in [-0.4, -0.2) is 80.3 Å². The molecule has 2 fully saturated rings. The van der Waals surface area contributed by atoms with E-state index in [9.17, 15) is 28.4 Å². The summed E-state index contributed by atoms with van der Waals surface area (Å²) in [6.45, 7) is -4.81. The van der Waals surface area contributed by atoms with Gasteiger partial charge in [0.2, 0.25) is 5.95 Å². The fourth-order valence-corrected chi connectivity index (χ4v) is 6.97. The molecule has 0 radical (unpaired) electrons. The van der Waals surface area contributed by atoms with Gasteiger partial charge in [-0.2, -0.15) is 4.98 Å². The molecular weight excluding hydrogens is 651 g/mol. The number of H-pyrrole nitrogens is 1. The van der Waals surface area contributed by atoms with Gasteiger partial charge < -0.3 is 49.2 Å². The summed E-state index contributed by atoms with van der Waals surface area (Å²) in [5.41, 5.74) is 11.4. The van der Waals surface area contributed by atoms with Crippen LogP contribution < -0.4 is 17.0 Å². The molecule has 6 heterocycles. The van der Waals surface area contributed by atoms with E-state index in [1.54, 1.807) is 4.57 Å². The molecule has 0 spiro atoms. The summed E-state index contributed by atoms with van der Waals surface area (Å²) in [5.74, 6) is -0.881. The number of nitrogen functional groups attached to an aromatic ring is 2. The molecule has 2 aliphatic heterocycles. The molecule has 23 heteroatoms. The van der Waals surface area contributed by atoms with Crippen LogP contribution in [0.1, 0.15) is 31.7 Å². The molecule has 0 amide bonds. The zero-order chi connectivity index (χ0) is 31.4. The average molecular weight is 678 g/mol. The van der Waals surface area contributed by atoms with Crippen LogP contribution in [0, 0.1) is 5.82 Å². The molecule has 4 aromatic rings. The second-order valence-electron chi connectivity index (χ2n) is 9.97. The molecule has 0 aliphatic carbocycles. The van der Waals surface area contributed by atoms with Crippen molar-refractivity contribution in [3.8, 4) is 0 Å². The molecule has 238 valence electrons. The number of nitrogens with zero attached hydrogens (tertiary/aromatic N) is 6. The Balaban J connectivity index is 1.13. The van der Waals surface area contributed by atoms with Gasteiger partial charge in [-0.25, -0.2) is 23.9 Å². The third kappa shape index (κ3) is 6.40. The van der Waals surface area contributed by atoms with Gasteiger partial charge in [-0.1, -0.05) is 0 Å². The van der Waals surface area contributed by atoms with Crippen LogP contribution in [0.15, 0.2) is 23.6 Å². The number of ether oxygens (including phenoxy) is 2. The van der Waals surface area contributed by atoms with E-state index in [1.807, 2.05) is 0 Å². The molecule has 0 saturated carbocycles. The van der Waals surface area contributed by atoms with Crippen molar-refractivity contribution in [3.05, 3.63) is 35.0 Å². The minimum atomic E-state index is -4.91. The largest absolute Gasteiger partial charge is 0.469 e. The number of fused-ring (bicyclic) bond motifs is 2. The molecular formula is C21H26FN9O10P2S. The number of aromatic nitrogens is 7. The molecule has 2 unspecified atom stereocenters. The molecule has 6 atom stereocenters. The lowest BCUT2D eigenvalue weighted by atomic mass is 10.2. The number of phosphoric acid groups is 1. The Hall–Kier alpha value is -2.94. The van der Waals surface area contributed by atoms with E-state index in [-0.39, 0.29) is 47.0 Å². The lowest BCUT2D eigenvalue weighted by Crippen LogP contribution is -2.28. The van der Waals surface area contributed by atoms with E-state index in [4.69, 9.17) is 41.8 Å². The number of anilines is 2. The number of imidazole rings is 1. The third-order valence-electron chi connectivity index (χ3n) is 7.03. The summed E-state index contributed by atoms with van der Waals surface area (Å²) in [5, 5.41) is -0.0382. The molecule has 8 N–H and O–H groups in total. The first-order valence-electron chi connectivity index (χ1n) is 12.9. The average Bonchev–Trinajstić information content (AvgIpc) is 3.71. The van der Waals surface area contributed by atoms with Gasteiger partial charge in [0, 0.05) is 12.6 Å². The summed E-state index contributed by atoms with van der Waals surface area (Å²) < 4.78 is 56.7.